The summed E-state index contributed by atoms with van der Waals surface area (Å²) in [6.07, 6.45) is 1.37. The normalized spacial score (nSPS) is 10.7. The number of hydrogen-bond acceptors (Lipinski definition) is 7. The Kier molecular flexibility index (Phi) is 3.94. The highest BCUT2D eigenvalue weighted by molar-refractivity contribution is 5.84. The molecule has 0 unspecified atom stereocenters. The molecule has 2 aromatic rings. The van der Waals surface area contributed by atoms with Gasteiger partial charge in [-0.2, -0.15) is 5.10 Å². The highest BCUT2D eigenvalue weighted by Crippen LogP contribution is 2.20. The number of H-pyrrole nitrogens is 1. The largest absolute Gasteiger partial charge is 0.507 e. The van der Waals surface area contributed by atoms with E-state index in [0.717, 1.165) is 0 Å². The number of anilines is 1. The molecule has 0 amide bonds. The van der Waals surface area contributed by atoms with E-state index in [-0.39, 0.29) is 23.0 Å². The fraction of sp³-hybridized carbons (Fsp3) is 0.167. The molecule has 0 aliphatic carbocycles. The lowest BCUT2D eigenvalue weighted by molar-refractivity contribution is 0.412. The van der Waals surface area contributed by atoms with Gasteiger partial charge in [0.05, 0.1) is 13.3 Å². The summed E-state index contributed by atoms with van der Waals surface area (Å²) in [6, 6.07) is 4.74. The second kappa shape index (κ2) is 5.83. The van der Waals surface area contributed by atoms with Gasteiger partial charge in [0.1, 0.15) is 17.2 Å². The highest BCUT2D eigenvalue weighted by Gasteiger charge is 2.01. The first-order valence-corrected chi connectivity index (χ1v) is 5.70. The number of nitrogens with zero attached hydrogens (tertiary/aromatic N) is 3. The van der Waals surface area contributed by atoms with Crippen LogP contribution in [-0.4, -0.2) is 33.6 Å². The quantitative estimate of drug-likeness (QED) is 0.557. The molecule has 104 valence electrons. The Bertz CT molecular complexity index is 696. The van der Waals surface area contributed by atoms with Crippen LogP contribution in [-0.2, 0) is 0 Å². The lowest BCUT2D eigenvalue weighted by atomic mass is 10.2. The second-order valence-corrected chi connectivity index (χ2v) is 3.88. The number of rotatable bonds is 4. The zero-order chi connectivity index (χ0) is 14.5. The number of aromatic hydroxyl groups is 1. The molecule has 0 atom stereocenters. The van der Waals surface area contributed by atoms with E-state index in [4.69, 9.17) is 4.74 Å². The molecule has 0 saturated carbocycles. The van der Waals surface area contributed by atoms with Gasteiger partial charge < -0.3 is 9.84 Å². The van der Waals surface area contributed by atoms with Crippen LogP contribution in [0.25, 0.3) is 0 Å². The number of aromatic amines is 1. The van der Waals surface area contributed by atoms with Crippen molar-refractivity contribution < 1.29 is 9.84 Å². The predicted molar refractivity (Wildman–Crippen MR) is 73.3 cm³/mol. The molecule has 0 spiro atoms. The maximum absolute atomic E-state index is 11.3. The molecule has 2 rings (SSSR count). The molecule has 20 heavy (non-hydrogen) atoms. The Balaban J connectivity index is 2.13. The van der Waals surface area contributed by atoms with Crippen LogP contribution in [0.4, 0.5) is 5.95 Å². The first-order chi connectivity index (χ1) is 9.60. The van der Waals surface area contributed by atoms with Crippen LogP contribution in [0.3, 0.4) is 0 Å². The first kappa shape index (κ1) is 13.5. The summed E-state index contributed by atoms with van der Waals surface area (Å²) in [7, 11) is 1.53. The van der Waals surface area contributed by atoms with Gasteiger partial charge in [-0.3, -0.25) is 9.78 Å². The smallest absolute Gasteiger partial charge is 0.274 e. The van der Waals surface area contributed by atoms with Crippen molar-refractivity contribution in [2.75, 3.05) is 12.5 Å². The lowest BCUT2D eigenvalue weighted by Gasteiger charge is -2.03. The number of benzene rings is 1. The molecule has 8 heteroatoms. The first-order valence-electron chi connectivity index (χ1n) is 5.70. The van der Waals surface area contributed by atoms with Crippen LogP contribution in [0.2, 0.25) is 0 Å². The monoisotopic (exact) mass is 275 g/mol. The van der Waals surface area contributed by atoms with Crippen LogP contribution in [0.15, 0.2) is 28.1 Å². The summed E-state index contributed by atoms with van der Waals surface area (Å²) >= 11 is 0. The van der Waals surface area contributed by atoms with Crippen LogP contribution in [0.5, 0.6) is 11.5 Å². The molecule has 8 nitrogen and oxygen atoms in total. The van der Waals surface area contributed by atoms with Gasteiger partial charge in [0.25, 0.3) is 5.56 Å². The minimum atomic E-state index is -0.345. The summed E-state index contributed by atoms with van der Waals surface area (Å²) in [5.74, 6) is 0.756. The van der Waals surface area contributed by atoms with Gasteiger partial charge in [0.2, 0.25) is 5.95 Å². The second-order valence-electron chi connectivity index (χ2n) is 3.88. The standard InChI is InChI=1S/C12H13N5O3/c1-7-11(19)14-12(17-15-7)16-13-6-8-5-9(20-2)3-4-10(8)18/h3-6,18H,1-2H3,(H2,14,16,17,19). The lowest BCUT2D eigenvalue weighted by Crippen LogP contribution is -2.15. The van der Waals surface area contributed by atoms with E-state index in [1.807, 2.05) is 0 Å². The van der Waals surface area contributed by atoms with Crippen molar-refractivity contribution in [1.29, 1.82) is 0 Å². The van der Waals surface area contributed by atoms with Crippen molar-refractivity contribution in [3.05, 3.63) is 39.8 Å². The predicted octanol–water partition coefficient (Wildman–Crippen LogP) is 0.634. The van der Waals surface area contributed by atoms with E-state index in [1.165, 1.54) is 19.4 Å². The number of aromatic nitrogens is 3. The van der Waals surface area contributed by atoms with Crippen molar-refractivity contribution >= 4 is 12.2 Å². The number of methoxy groups -OCH3 is 1. The summed E-state index contributed by atoms with van der Waals surface area (Å²) in [5, 5.41) is 20.9. The zero-order valence-corrected chi connectivity index (χ0v) is 10.9. The van der Waals surface area contributed by atoms with E-state index >= 15 is 0 Å². The number of aryl methyl sites for hydroxylation is 1. The molecule has 1 heterocycles. The number of ether oxygens (including phenoxy) is 1. The third-order valence-electron chi connectivity index (χ3n) is 2.47. The van der Waals surface area contributed by atoms with Gasteiger partial charge in [-0.1, -0.05) is 0 Å². The Morgan fingerprint density at radius 2 is 2.25 bits per heavy atom. The Labute approximate surface area is 114 Å². The summed E-state index contributed by atoms with van der Waals surface area (Å²) < 4.78 is 5.04. The van der Waals surface area contributed by atoms with E-state index in [0.29, 0.717) is 11.3 Å². The maximum Gasteiger partial charge on any atom is 0.274 e. The molecule has 1 aromatic heterocycles. The Hall–Kier alpha value is -2.90. The number of phenolic OH excluding ortho intramolecular Hbond substituents is 1. The number of nitrogens with one attached hydrogen (secondary N) is 2. The average Bonchev–Trinajstić information content (AvgIpc) is 2.45. The summed E-state index contributed by atoms with van der Waals surface area (Å²) in [6.45, 7) is 1.55. The van der Waals surface area contributed by atoms with Gasteiger partial charge in [-0.05, 0) is 25.1 Å². The van der Waals surface area contributed by atoms with Gasteiger partial charge in [0, 0.05) is 5.56 Å². The van der Waals surface area contributed by atoms with Crippen LogP contribution < -0.4 is 15.7 Å². The third-order valence-corrected chi connectivity index (χ3v) is 2.47. The van der Waals surface area contributed by atoms with Gasteiger partial charge in [-0.25, -0.2) is 5.43 Å². The molecule has 0 saturated heterocycles. The topological polar surface area (TPSA) is 112 Å². The number of hydrazone groups is 1. The van der Waals surface area contributed by atoms with E-state index < -0.39 is 0 Å². The van der Waals surface area contributed by atoms with Crippen LogP contribution in [0, 0.1) is 6.92 Å². The summed E-state index contributed by atoms with van der Waals surface area (Å²) in [4.78, 5) is 13.8. The van der Waals surface area contributed by atoms with Crippen LogP contribution in [0.1, 0.15) is 11.3 Å². The van der Waals surface area contributed by atoms with Crippen molar-refractivity contribution in [2.24, 2.45) is 5.10 Å². The number of phenols is 1. The molecule has 0 bridgehead atoms. The molecular formula is C12H13N5O3. The molecule has 0 aliphatic heterocycles. The van der Waals surface area contributed by atoms with E-state index in [2.05, 4.69) is 25.7 Å². The van der Waals surface area contributed by atoms with Crippen molar-refractivity contribution in [1.82, 2.24) is 15.2 Å². The maximum atomic E-state index is 11.3. The van der Waals surface area contributed by atoms with Crippen molar-refractivity contribution in [3.63, 3.8) is 0 Å². The van der Waals surface area contributed by atoms with Gasteiger partial charge in [-0.15, -0.1) is 10.2 Å². The highest BCUT2D eigenvalue weighted by atomic mass is 16.5. The van der Waals surface area contributed by atoms with Gasteiger partial charge >= 0.3 is 0 Å². The summed E-state index contributed by atoms with van der Waals surface area (Å²) in [5.41, 5.74) is 2.89. The minimum absolute atomic E-state index is 0.0554. The third kappa shape index (κ3) is 3.10. The van der Waals surface area contributed by atoms with Crippen molar-refractivity contribution in [2.45, 2.75) is 6.92 Å². The molecule has 0 fully saturated rings. The molecule has 0 radical (unpaired) electrons. The fourth-order valence-corrected chi connectivity index (χ4v) is 1.37. The Morgan fingerprint density at radius 3 is 2.95 bits per heavy atom. The SMILES string of the molecule is COc1ccc(O)c(C=NNc2nnc(C)c(=O)[nH]2)c1. The molecule has 0 aliphatic rings. The molecular weight excluding hydrogens is 262 g/mol. The fourth-order valence-electron chi connectivity index (χ4n) is 1.37. The van der Waals surface area contributed by atoms with Crippen LogP contribution >= 0.6 is 0 Å². The van der Waals surface area contributed by atoms with Crippen molar-refractivity contribution in [3.8, 4) is 11.5 Å². The average molecular weight is 275 g/mol. The van der Waals surface area contributed by atoms with E-state index in [9.17, 15) is 9.90 Å². The number of hydrogen-bond donors (Lipinski definition) is 3. The zero-order valence-electron chi connectivity index (χ0n) is 10.9. The van der Waals surface area contributed by atoms with Gasteiger partial charge in [0.15, 0.2) is 0 Å². The van der Waals surface area contributed by atoms with E-state index in [1.54, 1.807) is 19.1 Å². The minimum Gasteiger partial charge on any atom is -0.507 e. The molecule has 1 aromatic carbocycles. The Morgan fingerprint density at radius 1 is 1.45 bits per heavy atom. The molecule has 3 N–H and O–H groups in total.